The van der Waals surface area contributed by atoms with Crippen LogP contribution in [0.25, 0.3) is 0 Å². The van der Waals surface area contributed by atoms with E-state index >= 15 is 0 Å². The molecule has 1 aromatic rings. The fourth-order valence-corrected chi connectivity index (χ4v) is 2.33. The summed E-state index contributed by atoms with van der Waals surface area (Å²) < 4.78 is 5.28. The molecule has 0 atom stereocenters. The van der Waals surface area contributed by atoms with Crippen LogP contribution in [0.5, 0.6) is 0 Å². The zero-order valence-electron chi connectivity index (χ0n) is 11.5. The van der Waals surface area contributed by atoms with E-state index < -0.39 is 4.92 Å². The van der Waals surface area contributed by atoms with Gasteiger partial charge >= 0.3 is 5.69 Å². The second-order valence-electron chi connectivity index (χ2n) is 4.12. The Morgan fingerprint density at radius 1 is 1.45 bits per heavy atom. The Bertz CT molecular complexity index is 493. The topological polar surface area (TPSA) is 93.4 Å². The first-order valence-electron chi connectivity index (χ1n) is 6.34. The second-order valence-corrected chi connectivity index (χ2v) is 4.89. The van der Waals surface area contributed by atoms with Gasteiger partial charge in [0, 0.05) is 19.6 Å². The molecule has 1 N–H and O–H groups in total. The van der Waals surface area contributed by atoms with Crippen molar-refractivity contribution in [2.24, 2.45) is 0 Å². The van der Waals surface area contributed by atoms with Crippen molar-refractivity contribution in [2.75, 3.05) is 49.3 Å². The Balaban J connectivity index is 2.49. The van der Waals surface area contributed by atoms with E-state index in [0.29, 0.717) is 43.8 Å². The maximum atomic E-state index is 11.4. The van der Waals surface area contributed by atoms with Crippen molar-refractivity contribution in [2.45, 2.75) is 12.1 Å². The molecule has 0 bridgehead atoms. The molecule has 0 aliphatic carbocycles. The van der Waals surface area contributed by atoms with Gasteiger partial charge in [-0.2, -0.15) is 9.97 Å². The quantitative estimate of drug-likeness (QED) is 0.377. The molecule has 0 unspecified atom stereocenters. The summed E-state index contributed by atoms with van der Waals surface area (Å²) in [6.45, 7) is 4.72. The molecule has 2 heterocycles. The highest BCUT2D eigenvalue weighted by Crippen LogP contribution is 2.34. The van der Waals surface area contributed by atoms with E-state index in [1.165, 1.54) is 11.8 Å². The SMILES string of the molecule is CCNc1nc(SC)nc(N2CCOCC2)c1[N+](=O)[O-]. The van der Waals surface area contributed by atoms with Crippen LogP contribution in [-0.2, 0) is 4.74 Å². The molecule has 0 spiro atoms. The van der Waals surface area contributed by atoms with Gasteiger partial charge in [0.1, 0.15) is 0 Å². The van der Waals surface area contributed by atoms with Crippen LogP contribution in [0.3, 0.4) is 0 Å². The predicted molar refractivity (Wildman–Crippen MR) is 77.7 cm³/mol. The zero-order valence-corrected chi connectivity index (χ0v) is 12.3. The Morgan fingerprint density at radius 2 is 2.15 bits per heavy atom. The van der Waals surface area contributed by atoms with Crippen molar-refractivity contribution >= 4 is 29.1 Å². The molecule has 0 amide bonds. The van der Waals surface area contributed by atoms with E-state index in [4.69, 9.17) is 4.74 Å². The average Bonchev–Trinajstić information content (AvgIpc) is 2.47. The van der Waals surface area contributed by atoms with Crippen LogP contribution in [0.15, 0.2) is 5.16 Å². The van der Waals surface area contributed by atoms with Crippen LogP contribution < -0.4 is 10.2 Å². The van der Waals surface area contributed by atoms with Crippen LogP contribution in [-0.4, -0.2) is 54.0 Å². The van der Waals surface area contributed by atoms with Gasteiger partial charge in [-0.25, -0.2) is 0 Å². The molecular formula is C11H17N5O3S. The molecule has 110 valence electrons. The van der Waals surface area contributed by atoms with E-state index in [1.54, 1.807) is 0 Å². The summed E-state index contributed by atoms with van der Waals surface area (Å²) in [5.41, 5.74) is -0.0634. The first kappa shape index (κ1) is 14.8. The molecular weight excluding hydrogens is 282 g/mol. The largest absolute Gasteiger partial charge is 0.378 e. The predicted octanol–water partition coefficient (Wildman–Crippen LogP) is 1.38. The van der Waals surface area contributed by atoms with Crippen LogP contribution in [0.1, 0.15) is 6.92 Å². The first-order valence-corrected chi connectivity index (χ1v) is 7.56. The van der Waals surface area contributed by atoms with Gasteiger partial charge in [-0.3, -0.25) is 10.1 Å². The first-order chi connectivity index (χ1) is 9.67. The van der Waals surface area contributed by atoms with Crippen molar-refractivity contribution in [3.63, 3.8) is 0 Å². The van der Waals surface area contributed by atoms with Gasteiger partial charge in [0.15, 0.2) is 5.16 Å². The van der Waals surface area contributed by atoms with Crippen molar-refractivity contribution < 1.29 is 9.66 Å². The normalized spacial score (nSPS) is 15.2. The van der Waals surface area contributed by atoms with Crippen LogP contribution in [0.4, 0.5) is 17.3 Å². The Kier molecular flexibility index (Phi) is 4.96. The molecule has 1 aliphatic heterocycles. The number of hydrogen-bond donors (Lipinski definition) is 1. The summed E-state index contributed by atoms with van der Waals surface area (Å²) in [6.07, 6.45) is 1.85. The van der Waals surface area contributed by atoms with E-state index in [9.17, 15) is 10.1 Å². The highest BCUT2D eigenvalue weighted by molar-refractivity contribution is 7.98. The average molecular weight is 299 g/mol. The molecule has 9 heteroatoms. The van der Waals surface area contributed by atoms with Gasteiger partial charge in [0.05, 0.1) is 18.1 Å². The highest BCUT2D eigenvalue weighted by Gasteiger charge is 2.29. The third-order valence-corrected chi connectivity index (χ3v) is 3.41. The molecule has 2 rings (SSSR count). The van der Waals surface area contributed by atoms with Gasteiger partial charge in [-0.15, -0.1) is 0 Å². The van der Waals surface area contributed by atoms with Gasteiger partial charge in [-0.1, -0.05) is 11.8 Å². The van der Waals surface area contributed by atoms with Crippen LogP contribution >= 0.6 is 11.8 Å². The maximum Gasteiger partial charge on any atom is 0.353 e. The van der Waals surface area contributed by atoms with E-state index in [-0.39, 0.29) is 11.5 Å². The number of nitro groups is 1. The summed E-state index contributed by atoms with van der Waals surface area (Å²) in [6, 6.07) is 0. The summed E-state index contributed by atoms with van der Waals surface area (Å²) in [5, 5.41) is 14.8. The summed E-state index contributed by atoms with van der Waals surface area (Å²) in [5.74, 6) is 0.645. The molecule has 0 aromatic carbocycles. The lowest BCUT2D eigenvalue weighted by Gasteiger charge is -2.27. The number of rotatable bonds is 5. The lowest BCUT2D eigenvalue weighted by molar-refractivity contribution is -0.383. The minimum absolute atomic E-state index is 0.0634. The van der Waals surface area contributed by atoms with Crippen molar-refractivity contribution in [1.82, 2.24) is 9.97 Å². The molecule has 1 aromatic heterocycles. The summed E-state index contributed by atoms with van der Waals surface area (Å²) in [4.78, 5) is 21.4. The molecule has 8 nitrogen and oxygen atoms in total. The Hall–Kier alpha value is -1.61. The van der Waals surface area contributed by atoms with Crippen LogP contribution in [0, 0.1) is 10.1 Å². The van der Waals surface area contributed by atoms with Gasteiger partial charge < -0.3 is 15.0 Å². The number of morpholine rings is 1. The van der Waals surface area contributed by atoms with Gasteiger partial charge in [0.25, 0.3) is 0 Å². The molecule has 20 heavy (non-hydrogen) atoms. The van der Waals surface area contributed by atoms with Crippen molar-refractivity contribution in [3.8, 4) is 0 Å². The molecule has 1 fully saturated rings. The molecule has 1 saturated heterocycles. The Labute approximate surface area is 121 Å². The van der Waals surface area contributed by atoms with Gasteiger partial charge in [-0.05, 0) is 13.2 Å². The van der Waals surface area contributed by atoms with E-state index in [2.05, 4.69) is 15.3 Å². The smallest absolute Gasteiger partial charge is 0.353 e. The number of nitrogens with one attached hydrogen (secondary N) is 1. The third kappa shape index (κ3) is 3.10. The van der Waals surface area contributed by atoms with Crippen molar-refractivity contribution in [3.05, 3.63) is 10.1 Å². The van der Waals surface area contributed by atoms with Gasteiger partial charge in [0.2, 0.25) is 11.6 Å². The van der Waals surface area contributed by atoms with E-state index in [1.807, 2.05) is 18.1 Å². The number of hydrogen-bond acceptors (Lipinski definition) is 8. The summed E-state index contributed by atoms with van der Waals surface area (Å²) in [7, 11) is 0. The van der Waals surface area contributed by atoms with Crippen molar-refractivity contribution in [1.29, 1.82) is 0 Å². The Morgan fingerprint density at radius 3 is 2.70 bits per heavy atom. The maximum absolute atomic E-state index is 11.4. The zero-order chi connectivity index (χ0) is 14.5. The lowest BCUT2D eigenvalue weighted by Crippen LogP contribution is -2.37. The second kappa shape index (κ2) is 6.71. The third-order valence-electron chi connectivity index (χ3n) is 2.87. The minimum Gasteiger partial charge on any atom is -0.378 e. The minimum atomic E-state index is -0.424. The van der Waals surface area contributed by atoms with Crippen LogP contribution in [0.2, 0.25) is 0 Å². The molecule has 0 radical (unpaired) electrons. The number of thioether (sulfide) groups is 1. The fraction of sp³-hybridized carbons (Fsp3) is 0.636. The number of ether oxygens (including phenoxy) is 1. The standard InChI is InChI=1S/C11H17N5O3S/c1-3-12-9-8(16(17)18)10(14-11(13-9)20-2)15-4-6-19-7-5-15/h3-7H2,1-2H3,(H,12,13,14). The fourth-order valence-electron chi connectivity index (χ4n) is 1.97. The highest BCUT2D eigenvalue weighted by atomic mass is 32.2. The molecule has 0 saturated carbocycles. The number of anilines is 2. The summed E-state index contributed by atoms with van der Waals surface area (Å²) >= 11 is 1.36. The number of aromatic nitrogens is 2. The van der Waals surface area contributed by atoms with E-state index in [0.717, 1.165) is 0 Å². The molecule has 1 aliphatic rings. The monoisotopic (exact) mass is 299 g/mol. The number of nitrogens with zero attached hydrogens (tertiary/aromatic N) is 4. The lowest BCUT2D eigenvalue weighted by atomic mass is 10.3.